The van der Waals surface area contributed by atoms with Crippen LogP contribution in [0, 0.1) is 32.4 Å². The van der Waals surface area contributed by atoms with Crippen LogP contribution in [0.3, 0.4) is 0 Å². The molecule has 2 atom stereocenters. The SMILES string of the molecule is Cc1cc(C)c(N(C(CNC(=O)c2cn(CCc3ccccc3)c3c(F)c(CNc4ncc[nH]4)c(F)cc3c2=O)C(=O)O)S(=O)[O-])c(C)c1. The predicted octanol–water partition coefficient (Wildman–Crippen LogP) is 4.27. The van der Waals surface area contributed by atoms with Crippen LogP contribution < -0.4 is 20.4 Å². The van der Waals surface area contributed by atoms with E-state index in [1.165, 1.54) is 17.0 Å². The van der Waals surface area contributed by atoms with E-state index < -0.39 is 63.7 Å². The average molecular weight is 692 g/mol. The van der Waals surface area contributed by atoms with Gasteiger partial charge in [-0.2, -0.15) is 0 Å². The number of aromatic amines is 1. The molecule has 0 bridgehead atoms. The van der Waals surface area contributed by atoms with Gasteiger partial charge in [0.25, 0.3) is 5.91 Å². The lowest BCUT2D eigenvalue weighted by Crippen LogP contribution is -2.50. The van der Waals surface area contributed by atoms with E-state index in [0.717, 1.165) is 23.4 Å². The third-order valence-electron chi connectivity index (χ3n) is 8.05. The number of amides is 1. The molecule has 0 saturated heterocycles. The number of nitrogens with zero attached hydrogens (tertiary/aromatic N) is 3. The number of aryl methyl sites for hydroxylation is 5. The fourth-order valence-electron chi connectivity index (χ4n) is 5.86. The average Bonchev–Trinajstić information content (AvgIpc) is 3.57. The molecule has 5 rings (SSSR count). The molecule has 0 spiro atoms. The van der Waals surface area contributed by atoms with Gasteiger partial charge in [-0.1, -0.05) is 48.0 Å². The number of pyridine rings is 1. The second-order valence-corrected chi connectivity index (χ2v) is 12.3. The Balaban J connectivity index is 1.53. The molecule has 1 amide bonds. The molecule has 0 aliphatic carbocycles. The minimum absolute atomic E-state index is 0.0847. The van der Waals surface area contributed by atoms with E-state index in [2.05, 4.69) is 20.6 Å². The maximum Gasteiger partial charge on any atom is 0.329 e. The van der Waals surface area contributed by atoms with E-state index in [1.807, 2.05) is 37.3 Å². The van der Waals surface area contributed by atoms with Crippen molar-refractivity contribution < 1.29 is 32.2 Å². The van der Waals surface area contributed by atoms with E-state index in [-0.39, 0.29) is 35.8 Å². The van der Waals surface area contributed by atoms with Gasteiger partial charge in [0.05, 0.1) is 23.1 Å². The molecule has 0 aliphatic heterocycles. The van der Waals surface area contributed by atoms with Crippen LogP contribution in [0.1, 0.15) is 38.2 Å². The van der Waals surface area contributed by atoms with Crippen molar-refractivity contribution in [2.24, 2.45) is 0 Å². The van der Waals surface area contributed by atoms with Crippen LogP contribution in [-0.2, 0) is 35.6 Å². The monoisotopic (exact) mass is 691 g/mol. The summed E-state index contributed by atoms with van der Waals surface area (Å²) < 4.78 is 58.3. The van der Waals surface area contributed by atoms with Crippen molar-refractivity contribution in [3.05, 3.63) is 122 Å². The predicted molar refractivity (Wildman–Crippen MR) is 180 cm³/mol. The zero-order valence-corrected chi connectivity index (χ0v) is 27.6. The second kappa shape index (κ2) is 14.8. The van der Waals surface area contributed by atoms with Crippen LogP contribution in [0.5, 0.6) is 0 Å². The molecule has 12 nitrogen and oxygen atoms in total. The van der Waals surface area contributed by atoms with Gasteiger partial charge in [0.1, 0.15) is 11.4 Å². The summed E-state index contributed by atoms with van der Waals surface area (Å²) in [7, 11) is 0. The number of hydrogen-bond acceptors (Lipinski definition) is 7. The molecule has 4 N–H and O–H groups in total. The summed E-state index contributed by atoms with van der Waals surface area (Å²) in [6, 6.07) is 11.6. The number of hydrogen-bond donors (Lipinski definition) is 4. The summed E-state index contributed by atoms with van der Waals surface area (Å²) in [6.07, 6.45) is 4.49. The zero-order chi connectivity index (χ0) is 35.4. The quantitative estimate of drug-likeness (QED) is 0.133. The number of carbonyl (C=O) groups is 2. The molecule has 2 unspecified atom stereocenters. The Morgan fingerprint density at radius 1 is 1.12 bits per heavy atom. The van der Waals surface area contributed by atoms with Gasteiger partial charge in [0.15, 0.2) is 17.8 Å². The first kappa shape index (κ1) is 34.9. The number of H-pyrrole nitrogens is 1. The molecular weight excluding hydrogens is 658 g/mol. The number of carboxylic acids is 1. The summed E-state index contributed by atoms with van der Waals surface area (Å²) in [6.45, 7) is 4.14. The Hall–Kier alpha value is -5.41. The van der Waals surface area contributed by atoms with Crippen LogP contribution in [0.15, 0.2) is 71.9 Å². The fourth-order valence-corrected chi connectivity index (χ4v) is 6.67. The highest BCUT2D eigenvalue weighted by Gasteiger charge is 2.31. The van der Waals surface area contributed by atoms with Crippen LogP contribution in [-0.4, -0.2) is 52.9 Å². The standard InChI is InChI=1S/C34H34F2N6O6S/c1-19-13-20(2)29(21(3)14-19)42(49(47)48)27(33(45)46)17-39-32(44)25-18-41(12-9-22-7-5-4-6-8-22)30-23(31(25)43)15-26(35)24(28(30)36)16-40-34-37-10-11-38-34/h4-8,10-11,13-15,18,27H,9,12,16-17H2,1-3H3,(H,39,44)(H,45,46)(H,47,48)(H2,37,38,40)/p-1. The van der Waals surface area contributed by atoms with Gasteiger partial charge in [-0.25, -0.2) is 18.6 Å². The van der Waals surface area contributed by atoms with Crippen molar-refractivity contribution in [2.75, 3.05) is 16.2 Å². The number of carbonyl (C=O) groups excluding carboxylic acids is 1. The molecular formula is C34H33F2N6O6S-. The number of aliphatic carboxylic acids is 1. The first-order valence-corrected chi connectivity index (χ1v) is 16.2. The van der Waals surface area contributed by atoms with Crippen molar-refractivity contribution in [3.63, 3.8) is 0 Å². The molecule has 0 radical (unpaired) electrons. The minimum Gasteiger partial charge on any atom is -0.755 e. The van der Waals surface area contributed by atoms with Crippen molar-refractivity contribution in [1.29, 1.82) is 0 Å². The van der Waals surface area contributed by atoms with Crippen molar-refractivity contribution >= 4 is 45.7 Å². The largest absolute Gasteiger partial charge is 0.755 e. The third-order valence-corrected chi connectivity index (χ3v) is 8.81. The van der Waals surface area contributed by atoms with Crippen LogP contribution in [0.4, 0.5) is 20.4 Å². The van der Waals surface area contributed by atoms with E-state index in [4.69, 9.17) is 0 Å². The van der Waals surface area contributed by atoms with Gasteiger partial charge in [-0.3, -0.25) is 18.1 Å². The molecule has 2 heterocycles. The van der Waals surface area contributed by atoms with Crippen molar-refractivity contribution in [2.45, 2.75) is 46.3 Å². The third kappa shape index (κ3) is 7.52. The number of anilines is 2. The lowest BCUT2D eigenvalue weighted by atomic mass is 10.0. The molecule has 0 saturated carbocycles. The summed E-state index contributed by atoms with van der Waals surface area (Å²) in [4.78, 5) is 46.3. The normalized spacial score (nSPS) is 12.4. The minimum atomic E-state index is -3.07. The summed E-state index contributed by atoms with van der Waals surface area (Å²) >= 11 is -3.07. The smallest absolute Gasteiger partial charge is 0.329 e. The number of aromatic nitrogens is 3. The molecule has 0 fully saturated rings. The Kier molecular flexibility index (Phi) is 10.5. The number of halogens is 2. The number of nitrogens with one attached hydrogen (secondary N) is 3. The Morgan fingerprint density at radius 2 is 1.82 bits per heavy atom. The number of benzene rings is 3. The molecule has 2 aromatic heterocycles. The highest BCUT2D eigenvalue weighted by molar-refractivity contribution is 7.80. The summed E-state index contributed by atoms with van der Waals surface area (Å²) in [5.41, 5.74) is 0.759. The highest BCUT2D eigenvalue weighted by atomic mass is 32.2. The maximum absolute atomic E-state index is 16.1. The Morgan fingerprint density at radius 3 is 2.43 bits per heavy atom. The molecule has 256 valence electrons. The topological polar surface area (TPSA) is 172 Å². The van der Waals surface area contributed by atoms with Gasteiger partial charge in [0, 0.05) is 48.5 Å². The van der Waals surface area contributed by atoms with Gasteiger partial charge in [-0.05, 0) is 49.9 Å². The first-order chi connectivity index (χ1) is 23.4. The van der Waals surface area contributed by atoms with Crippen LogP contribution in [0.2, 0.25) is 0 Å². The zero-order valence-electron chi connectivity index (χ0n) is 26.8. The maximum atomic E-state index is 16.1. The summed E-state index contributed by atoms with van der Waals surface area (Å²) in [5.74, 6) is -4.36. The van der Waals surface area contributed by atoms with Crippen LogP contribution >= 0.6 is 0 Å². The van der Waals surface area contributed by atoms with Gasteiger partial charge >= 0.3 is 5.97 Å². The van der Waals surface area contributed by atoms with Crippen molar-refractivity contribution in [1.82, 2.24) is 19.9 Å². The number of imidazole rings is 1. The van der Waals surface area contributed by atoms with E-state index in [1.54, 1.807) is 26.0 Å². The first-order valence-electron chi connectivity index (χ1n) is 15.2. The van der Waals surface area contributed by atoms with Crippen molar-refractivity contribution in [3.8, 4) is 0 Å². The van der Waals surface area contributed by atoms with Gasteiger partial charge in [-0.15, -0.1) is 0 Å². The molecule has 3 aromatic carbocycles. The van der Waals surface area contributed by atoms with Gasteiger partial charge < -0.3 is 29.8 Å². The lowest BCUT2D eigenvalue weighted by Gasteiger charge is -2.34. The highest BCUT2D eigenvalue weighted by Crippen LogP contribution is 2.29. The number of rotatable bonds is 13. The number of carboxylic acid groups (broad SMARTS) is 1. The Labute approximate surface area is 282 Å². The fraction of sp³-hybridized carbons (Fsp3) is 0.235. The Bertz CT molecular complexity index is 2080. The molecule has 49 heavy (non-hydrogen) atoms. The second-order valence-electron chi connectivity index (χ2n) is 11.5. The van der Waals surface area contributed by atoms with Crippen LogP contribution in [0.25, 0.3) is 10.9 Å². The van der Waals surface area contributed by atoms with E-state index in [0.29, 0.717) is 21.9 Å². The molecule has 15 heteroatoms. The summed E-state index contributed by atoms with van der Waals surface area (Å²) in [5, 5.41) is 14.8. The van der Waals surface area contributed by atoms with E-state index >= 15 is 8.78 Å². The molecule has 0 aliphatic rings. The van der Waals surface area contributed by atoms with E-state index in [9.17, 15) is 28.3 Å². The van der Waals surface area contributed by atoms with Gasteiger partial charge in [0.2, 0.25) is 5.43 Å². The lowest BCUT2D eigenvalue weighted by molar-refractivity contribution is -0.138. The number of fused-ring (bicyclic) bond motifs is 1. The molecule has 5 aromatic rings.